The molecule has 0 N–H and O–H groups in total. The second-order valence-corrected chi connectivity index (χ2v) is 10.7. The summed E-state index contributed by atoms with van der Waals surface area (Å²) in [5.74, 6) is 1.28. The van der Waals surface area contributed by atoms with Crippen LogP contribution >= 0.6 is 0 Å². The van der Waals surface area contributed by atoms with Crippen LogP contribution in [0, 0.1) is 23.2 Å². The zero-order valence-corrected chi connectivity index (χ0v) is 21.6. The zero-order valence-electron chi connectivity index (χ0n) is 21.6. The number of Topliss-reactive ketones (excluding diaryl/α,β-unsaturated/α-hetero) is 1. The predicted octanol–water partition coefficient (Wildman–Crippen LogP) is 5.90. The number of nitriles is 1. The van der Waals surface area contributed by atoms with E-state index in [-0.39, 0.29) is 5.78 Å². The summed E-state index contributed by atoms with van der Waals surface area (Å²) in [5, 5.41) is 8.96. The van der Waals surface area contributed by atoms with Crippen molar-refractivity contribution < 1.29 is 4.79 Å². The topological polar surface area (TPSA) is 60.2 Å². The Bertz CT molecular complexity index is 1180. The van der Waals surface area contributed by atoms with Gasteiger partial charge in [-0.2, -0.15) is 5.26 Å². The van der Waals surface area contributed by atoms with E-state index in [0.29, 0.717) is 29.5 Å². The van der Waals surface area contributed by atoms with Crippen LogP contribution in [0.5, 0.6) is 0 Å². The lowest BCUT2D eigenvalue weighted by Gasteiger charge is -2.33. The SMILES string of the molecule is N#Cc1ccc(CN2CCC(CC(=O)c3ccc(CC4CCN(c5ccccc5)CC4)cn3)CC2)cc1. The summed E-state index contributed by atoms with van der Waals surface area (Å²) in [6.45, 7) is 5.12. The molecule has 1 aromatic heterocycles. The number of carbonyl (C=O) groups is 1. The number of nitrogens with zero attached hydrogens (tertiary/aromatic N) is 4. The van der Waals surface area contributed by atoms with Gasteiger partial charge in [0.15, 0.2) is 5.78 Å². The molecule has 2 aliphatic rings. The highest BCUT2D eigenvalue weighted by atomic mass is 16.1. The van der Waals surface area contributed by atoms with Gasteiger partial charge in [-0.25, -0.2) is 0 Å². The number of hydrogen-bond acceptors (Lipinski definition) is 5. The van der Waals surface area contributed by atoms with Crippen molar-refractivity contribution in [1.29, 1.82) is 5.26 Å². The Morgan fingerprint density at radius 1 is 0.838 bits per heavy atom. The zero-order chi connectivity index (χ0) is 25.5. The average Bonchev–Trinajstić information content (AvgIpc) is 2.96. The van der Waals surface area contributed by atoms with E-state index >= 15 is 0 Å². The third-order valence-electron chi connectivity index (χ3n) is 8.04. The molecule has 2 aromatic carbocycles. The van der Waals surface area contributed by atoms with Crippen LogP contribution in [-0.2, 0) is 13.0 Å². The molecule has 0 radical (unpaired) electrons. The Balaban J connectivity index is 1.04. The lowest BCUT2D eigenvalue weighted by Crippen LogP contribution is -2.34. The number of likely N-dealkylation sites (tertiary alicyclic amines) is 1. The number of hydrogen-bond donors (Lipinski definition) is 0. The Morgan fingerprint density at radius 3 is 2.16 bits per heavy atom. The minimum absolute atomic E-state index is 0.174. The molecule has 0 saturated carbocycles. The maximum Gasteiger partial charge on any atom is 0.181 e. The van der Waals surface area contributed by atoms with Gasteiger partial charge in [0.1, 0.15) is 5.69 Å². The largest absolute Gasteiger partial charge is 0.372 e. The van der Waals surface area contributed by atoms with Crippen molar-refractivity contribution in [2.75, 3.05) is 31.1 Å². The van der Waals surface area contributed by atoms with E-state index in [1.807, 2.05) is 36.5 Å². The maximum absolute atomic E-state index is 12.9. The standard InChI is InChI=1S/C32H36N4O/c33-22-27-6-8-28(9-7-27)24-35-16-12-26(13-17-35)21-32(37)31-11-10-29(23-34-31)20-25-14-18-36(19-15-25)30-4-2-1-3-5-30/h1-11,23,25-26H,12-21,24H2. The molecule has 0 atom stereocenters. The Hall–Kier alpha value is -3.49. The molecule has 2 fully saturated rings. The number of aromatic nitrogens is 1. The molecule has 0 aliphatic carbocycles. The number of pyridine rings is 1. The van der Waals surface area contributed by atoms with Gasteiger partial charge in [0.2, 0.25) is 0 Å². The number of anilines is 1. The van der Waals surface area contributed by atoms with E-state index in [1.165, 1.54) is 29.7 Å². The molecule has 3 aromatic rings. The smallest absolute Gasteiger partial charge is 0.181 e. The first-order valence-corrected chi connectivity index (χ1v) is 13.7. The molecule has 5 heteroatoms. The fraction of sp³-hybridized carbons (Fsp3) is 0.406. The number of benzene rings is 2. The third-order valence-corrected chi connectivity index (χ3v) is 8.04. The van der Waals surface area contributed by atoms with Gasteiger partial charge in [-0.1, -0.05) is 36.4 Å². The van der Waals surface area contributed by atoms with Crippen molar-refractivity contribution in [2.45, 2.75) is 45.1 Å². The predicted molar refractivity (Wildman–Crippen MR) is 147 cm³/mol. The minimum atomic E-state index is 0.174. The summed E-state index contributed by atoms with van der Waals surface area (Å²) in [4.78, 5) is 22.4. The van der Waals surface area contributed by atoms with Crippen LogP contribution in [0.25, 0.3) is 0 Å². The fourth-order valence-corrected chi connectivity index (χ4v) is 5.74. The van der Waals surface area contributed by atoms with Crippen LogP contribution < -0.4 is 4.90 Å². The first-order chi connectivity index (χ1) is 18.2. The minimum Gasteiger partial charge on any atom is -0.372 e. The van der Waals surface area contributed by atoms with Gasteiger partial charge >= 0.3 is 0 Å². The molecular formula is C32H36N4O. The number of carbonyl (C=O) groups excluding carboxylic acids is 1. The number of piperidine rings is 2. The second-order valence-electron chi connectivity index (χ2n) is 10.7. The monoisotopic (exact) mass is 492 g/mol. The van der Waals surface area contributed by atoms with Crippen molar-refractivity contribution >= 4 is 11.5 Å². The van der Waals surface area contributed by atoms with E-state index in [1.54, 1.807) is 0 Å². The Labute approximate surface area is 220 Å². The summed E-state index contributed by atoms with van der Waals surface area (Å²) in [7, 11) is 0. The van der Waals surface area contributed by atoms with E-state index in [0.717, 1.165) is 52.0 Å². The van der Waals surface area contributed by atoms with Crippen LogP contribution in [0.3, 0.4) is 0 Å². The van der Waals surface area contributed by atoms with Crippen molar-refractivity contribution in [3.05, 3.63) is 95.3 Å². The Morgan fingerprint density at radius 2 is 1.51 bits per heavy atom. The van der Waals surface area contributed by atoms with Gasteiger partial charge < -0.3 is 4.90 Å². The van der Waals surface area contributed by atoms with E-state index < -0.39 is 0 Å². The lowest BCUT2D eigenvalue weighted by molar-refractivity contribution is 0.0920. The summed E-state index contributed by atoms with van der Waals surface area (Å²) in [6, 6.07) is 24.7. The quantitative estimate of drug-likeness (QED) is 0.367. The van der Waals surface area contributed by atoms with Crippen LogP contribution in [0.4, 0.5) is 5.69 Å². The summed E-state index contributed by atoms with van der Waals surface area (Å²) >= 11 is 0. The van der Waals surface area contributed by atoms with Gasteiger partial charge in [-0.3, -0.25) is 14.7 Å². The molecule has 5 nitrogen and oxygen atoms in total. The molecule has 2 saturated heterocycles. The van der Waals surface area contributed by atoms with Gasteiger partial charge in [0.05, 0.1) is 11.6 Å². The summed E-state index contributed by atoms with van der Waals surface area (Å²) in [6.07, 6.45) is 8.04. The van der Waals surface area contributed by atoms with Crippen molar-refractivity contribution in [2.24, 2.45) is 11.8 Å². The van der Waals surface area contributed by atoms with Crippen molar-refractivity contribution in [3.63, 3.8) is 0 Å². The highest BCUT2D eigenvalue weighted by Gasteiger charge is 2.23. The number of rotatable bonds is 8. The molecule has 2 aliphatic heterocycles. The van der Waals surface area contributed by atoms with Gasteiger partial charge in [-0.05, 0) is 98.5 Å². The van der Waals surface area contributed by atoms with Gasteiger partial charge in [-0.15, -0.1) is 0 Å². The molecule has 3 heterocycles. The van der Waals surface area contributed by atoms with Crippen LogP contribution in [-0.4, -0.2) is 41.8 Å². The molecule has 0 amide bonds. The number of para-hydroxylation sites is 1. The van der Waals surface area contributed by atoms with Crippen molar-refractivity contribution in [1.82, 2.24) is 9.88 Å². The van der Waals surface area contributed by atoms with Gasteiger partial charge in [0, 0.05) is 37.9 Å². The number of ketones is 1. The highest BCUT2D eigenvalue weighted by molar-refractivity contribution is 5.94. The fourth-order valence-electron chi connectivity index (χ4n) is 5.74. The lowest BCUT2D eigenvalue weighted by atomic mass is 9.89. The van der Waals surface area contributed by atoms with Gasteiger partial charge in [0.25, 0.3) is 0 Å². The molecular weight excluding hydrogens is 456 g/mol. The maximum atomic E-state index is 12.9. The summed E-state index contributed by atoms with van der Waals surface area (Å²) in [5.41, 5.74) is 5.11. The van der Waals surface area contributed by atoms with E-state index in [9.17, 15) is 4.79 Å². The van der Waals surface area contributed by atoms with Crippen LogP contribution in [0.1, 0.15) is 59.3 Å². The van der Waals surface area contributed by atoms with Crippen molar-refractivity contribution in [3.8, 4) is 6.07 Å². The first-order valence-electron chi connectivity index (χ1n) is 13.7. The molecule has 190 valence electrons. The van der Waals surface area contributed by atoms with E-state index in [2.05, 4.69) is 57.3 Å². The Kier molecular flexibility index (Phi) is 8.28. The van der Waals surface area contributed by atoms with E-state index in [4.69, 9.17) is 5.26 Å². The molecule has 37 heavy (non-hydrogen) atoms. The normalized spacial score (nSPS) is 17.4. The van der Waals surface area contributed by atoms with Crippen LogP contribution in [0.15, 0.2) is 72.9 Å². The highest BCUT2D eigenvalue weighted by Crippen LogP contribution is 2.26. The summed E-state index contributed by atoms with van der Waals surface area (Å²) < 4.78 is 0. The second kappa shape index (κ2) is 12.2. The molecule has 5 rings (SSSR count). The molecule has 0 bridgehead atoms. The molecule has 0 spiro atoms. The third kappa shape index (κ3) is 6.84. The van der Waals surface area contributed by atoms with Crippen LogP contribution in [0.2, 0.25) is 0 Å². The average molecular weight is 493 g/mol. The first kappa shape index (κ1) is 25.2. The molecule has 0 unspecified atom stereocenters.